The molecule has 3 aromatic rings. The van der Waals surface area contributed by atoms with Crippen LogP contribution in [0.5, 0.6) is 0 Å². The Kier molecular flexibility index (Phi) is 6.71. The largest absolute Gasteiger partial charge is 0.388 e. The molecule has 160 valence electrons. The summed E-state index contributed by atoms with van der Waals surface area (Å²) in [5.74, 6) is -0.333. The molecule has 8 heteroatoms. The topological polar surface area (TPSA) is 83.0 Å². The second kappa shape index (κ2) is 9.82. The van der Waals surface area contributed by atoms with E-state index in [1.807, 2.05) is 35.7 Å². The van der Waals surface area contributed by atoms with Gasteiger partial charge in [-0.05, 0) is 5.56 Å². The molecule has 0 radical (unpaired) electrons. The second-order valence-corrected chi connectivity index (χ2v) is 7.96. The lowest BCUT2D eigenvalue weighted by Gasteiger charge is -2.31. The molecule has 0 aliphatic carbocycles. The number of ketones is 1. The highest BCUT2D eigenvalue weighted by molar-refractivity contribution is 7.14. The summed E-state index contributed by atoms with van der Waals surface area (Å²) in [6.45, 7) is 1.91. The maximum atomic E-state index is 13.3. The number of benzene rings is 2. The number of aliphatic hydroxyl groups excluding tert-OH is 1. The van der Waals surface area contributed by atoms with Gasteiger partial charge in [-0.15, -0.1) is 11.3 Å². The number of carbonyl (C=O) groups excluding carboxylic acids is 2. The molecule has 1 saturated heterocycles. The number of urea groups is 1. The minimum atomic E-state index is -0.525. The monoisotopic (exact) mass is 437 g/mol. The molecule has 1 N–H and O–H groups in total. The molecule has 1 aliphatic rings. The summed E-state index contributed by atoms with van der Waals surface area (Å²) in [7, 11) is 0. The molecule has 4 rings (SSSR count). The van der Waals surface area contributed by atoms with Gasteiger partial charge in [-0.3, -0.25) is 9.69 Å². The maximum absolute atomic E-state index is 13.3. The highest BCUT2D eigenvalue weighted by Gasteiger charge is 2.26. The number of carbonyl (C=O) groups is 2. The SMILES string of the molecule is O=C(CO)c1ccc(CN(C(=O)N2CCOCC2)c2nc(-c3ccccc3)cs2)cc1. The number of morpholine rings is 1. The van der Waals surface area contributed by atoms with Gasteiger partial charge in [0.2, 0.25) is 0 Å². The number of ether oxygens (including phenoxy) is 1. The van der Waals surface area contributed by atoms with E-state index in [-0.39, 0.29) is 11.8 Å². The van der Waals surface area contributed by atoms with Gasteiger partial charge < -0.3 is 14.7 Å². The van der Waals surface area contributed by atoms with Crippen LogP contribution >= 0.6 is 11.3 Å². The second-order valence-electron chi connectivity index (χ2n) is 7.13. The lowest BCUT2D eigenvalue weighted by molar-refractivity contribution is 0.0548. The van der Waals surface area contributed by atoms with Crippen LogP contribution in [0.2, 0.25) is 0 Å². The predicted octanol–water partition coefficient (Wildman–Crippen LogP) is 3.44. The minimum absolute atomic E-state index is 0.118. The molecule has 1 aliphatic heterocycles. The van der Waals surface area contributed by atoms with E-state index < -0.39 is 6.61 Å². The Hall–Kier alpha value is -3.07. The van der Waals surface area contributed by atoms with Gasteiger partial charge in [-0.1, -0.05) is 54.6 Å². The predicted molar refractivity (Wildman–Crippen MR) is 119 cm³/mol. The molecule has 0 atom stereocenters. The van der Waals surface area contributed by atoms with E-state index in [1.54, 1.807) is 34.1 Å². The van der Waals surface area contributed by atoms with E-state index in [1.165, 1.54) is 11.3 Å². The molecule has 31 heavy (non-hydrogen) atoms. The van der Waals surface area contributed by atoms with Crippen LogP contribution in [0.25, 0.3) is 11.3 Å². The Labute approximate surface area is 184 Å². The van der Waals surface area contributed by atoms with Crippen molar-refractivity contribution in [2.24, 2.45) is 0 Å². The van der Waals surface area contributed by atoms with Crippen LogP contribution in [0.15, 0.2) is 60.0 Å². The van der Waals surface area contributed by atoms with E-state index >= 15 is 0 Å². The smallest absolute Gasteiger partial charge is 0.326 e. The normalized spacial score (nSPS) is 13.8. The number of nitrogens with zero attached hydrogens (tertiary/aromatic N) is 3. The third-order valence-electron chi connectivity index (χ3n) is 5.07. The summed E-state index contributed by atoms with van der Waals surface area (Å²) in [6, 6.07) is 16.7. The summed E-state index contributed by atoms with van der Waals surface area (Å²) in [4.78, 5) is 33.2. The number of aromatic nitrogens is 1. The summed E-state index contributed by atoms with van der Waals surface area (Å²) in [5, 5.41) is 11.6. The summed E-state index contributed by atoms with van der Waals surface area (Å²) in [5.41, 5.74) is 3.13. The van der Waals surface area contributed by atoms with Crippen LogP contribution in [-0.4, -0.2) is 59.7 Å². The molecular formula is C23H23N3O4S. The lowest BCUT2D eigenvalue weighted by atomic mass is 10.1. The third-order valence-corrected chi connectivity index (χ3v) is 5.93. The van der Waals surface area contributed by atoms with Gasteiger partial charge in [-0.2, -0.15) is 0 Å². The first kappa shape index (κ1) is 21.2. The molecule has 0 saturated carbocycles. The van der Waals surface area contributed by atoms with Crippen molar-refractivity contribution in [1.29, 1.82) is 0 Å². The Bertz CT molecular complexity index is 1030. The average molecular weight is 438 g/mol. The molecule has 0 bridgehead atoms. The van der Waals surface area contributed by atoms with E-state index in [0.717, 1.165) is 16.8 Å². The van der Waals surface area contributed by atoms with Crippen LogP contribution in [0.3, 0.4) is 0 Å². The summed E-state index contributed by atoms with van der Waals surface area (Å²) >= 11 is 1.42. The zero-order chi connectivity index (χ0) is 21.6. The molecule has 0 unspecified atom stereocenters. The first-order chi connectivity index (χ1) is 15.2. The fourth-order valence-corrected chi connectivity index (χ4v) is 4.17. The fraction of sp³-hybridized carbons (Fsp3) is 0.261. The van der Waals surface area contributed by atoms with Gasteiger partial charge in [0.1, 0.15) is 6.61 Å². The van der Waals surface area contributed by atoms with Gasteiger partial charge in [0, 0.05) is 29.6 Å². The van der Waals surface area contributed by atoms with E-state index in [9.17, 15) is 9.59 Å². The molecule has 1 fully saturated rings. The molecule has 2 heterocycles. The Morgan fingerprint density at radius 2 is 1.77 bits per heavy atom. The number of Topliss-reactive ketones (excluding diaryl/α,β-unsaturated/α-hetero) is 1. The van der Waals surface area contributed by atoms with Crippen molar-refractivity contribution in [3.63, 3.8) is 0 Å². The van der Waals surface area contributed by atoms with Gasteiger partial charge in [0.05, 0.1) is 25.5 Å². The van der Waals surface area contributed by atoms with E-state index in [4.69, 9.17) is 14.8 Å². The maximum Gasteiger partial charge on any atom is 0.326 e. The number of rotatable bonds is 6. The molecule has 2 aromatic carbocycles. The number of aliphatic hydroxyl groups is 1. The van der Waals surface area contributed by atoms with Crippen LogP contribution in [0.4, 0.5) is 9.93 Å². The molecule has 1 aromatic heterocycles. The van der Waals surface area contributed by atoms with Crippen molar-refractivity contribution in [3.8, 4) is 11.3 Å². The number of hydrogen-bond acceptors (Lipinski definition) is 6. The Morgan fingerprint density at radius 1 is 1.06 bits per heavy atom. The molecule has 2 amide bonds. The molecular weight excluding hydrogens is 414 g/mol. The van der Waals surface area contributed by atoms with Gasteiger partial charge >= 0.3 is 6.03 Å². The van der Waals surface area contributed by atoms with Crippen molar-refractivity contribution in [3.05, 3.63) is 71.1 Å². The lowest BCUT2D eigenvalue weighted by Crippen LogP contribution is -2.48. The van der Waals surface area contributed by atoms with Gasteiger partial charge in [0.15, 0.2) is 10.9 Å². The van der Waals surface area contributed by atoms with Crippen molar-refractivity contribution in [2.75, 3.05) is 37.8 Å². The van der Waals surface area contributed by atoms with Crippen LogP contribution < -0.4 is 4.90 Å². The quantitative estimate of drug-likeness (QED) is 0.598. The van der Waals surface area contributed by atoms with Crippen molar-refractivity contribution >= 4 is 28.3 Å². The van der Waals surface area contributed by atoms with Gasteiger partial charge in [-0.25, -0.2) is 9.78 Å². The third kappa shape index (κ3) is 4.99. The van der Waals surface area contributed by atoms with Crippen molar-refractivity contribution in [1.82, 2.24) is 9.88 Å². The zero-order valence-electron chi connectivity index (χ0n) is 16.9. The molecule has 0 spiro atoms. The molecule has 7 nitrogen and oxygen atoms in total. The Balaban J connectivity index is 1.61. The van der Waals surface area contributed by atoms with E-state index in [2.05, 4.69) is 0 Å². The number of hydrogen-bond donors (Lipinski definition) is 1. The van der Waals surface area contributed by atoms with Crippen LogP contribution in [0.1, 0.15) is 15.9 Å². The Morgan fingerprint density at radius 3 is 2.45 bits per heavy atom. The highest BCUT2D eigenvalue weighted by atomic mass is 32.1. The fourth-order valence-electron chi connectivity index (χ4n) is 3.34. The number of thiazole rings is 1. The highest BCUT2D eigenvalue weighted by Crippen LogP contribution is 2.29. The van der Waals surface area contributed by atoms with Crippen LogP contribution in [-0.2, 0) is 11.3 Å². The van der Waals surface area contributed by atoms with Crippen molar-refractivity contribution in [2.45, 2.75) is 6.54 Å². The number of anilines is 1. The van der Waals surface area contributed by atoms with E-state index in [0.29, 0.717) is 43.5 Å². The van der Waals surface area contributed by atoms with Crippen molar-refractivity contribution < 1.29 is 19.4 Å². The summed E-state index contributed by atoms with van der Waals surface area (Å²) in [6.07, 6.45) is 0. The standard InChI is InChI=1S/C23H23N3O4S/c27-15-21(28)19-8-6-17(7-9-19)14-26(23(29)25-10-12-30-13-11-25)22-24-20(16-31-22)18-4-2-1-3-5-18/h1-9,16,27H,10-15H2. The average Bonchev–Trinajstić information content (AvgIpc) is 3.33. The number of amides is 2. The minimum Gasteiger partial charge on any atom is -0.388 e. The van der Waals surface area contributed by atoms with Crippen LogP contribution in [0, 0.1) is 0 Å². The first-order valence-electron chi connectivity index (χ1n) is 10.0. The van der Waals surface area contributed by atoms with Gasteiger partial charge in [0.25, 0.3) is 0 Å². The summed E-state index contributed by atoms with van der Waals surface area (Å²) < 4.78 is 5.38. The zero-order valence-corrected chi connectivity index (χ0v) is 17.8. The first-order valence-corrected chi connectivity index (χ1v) is 10.9.